The van der Waals surface area contributed by atoms with Gasteiger partial charge >= 0.3 is 0 Å². The highest BCUT2D eigenvalue weighted by atomic mass is 79.9. The fourth-order valence-electron chi connectivity index (χ4n) is 1.71. The Labute approximate surface area is 147 Å². The van der Waals surface area contributed by atoms with Gasteiger partial charge in [0.05, 0.1) is 22.6 Å². The van der Waals surface area contributed by atoms with Crippen LogP contribution < -0.4 is 5.32 Å². The summed E-state index contributed by atoms with van der Waals surface area (Å²) in [5.41, 5.74) is 0.0321. The number of nitro benzene ring substituents is 1. The van der Waals surface area contributed by atoms with Crippen LogP contribution in [0.2, 0.25) is 0 Å². The zero-order chi connectivity index (χ0) is 16.2. The van der Waals surface area contributed by atoms with E-state index >= 15 is 0 Å². The van der Waals surface area contributed by atoms with E-state index in [9.17, 15) is 10.1 Å². The van der Waals surface area contributed by atoms with Gasteiger partial charge in [0.2, 0.25) is 5.13 Å². The number of nitrogens with one attached hydrogen (secondary N) is 1. The largest absolute Gasteiger partial charge is 0.467 e. The fourth-order valence-corrected chi connectivity index (χ4v) is 3.85. The molecule has 0 fully saturated rings. The highest BCUT2D eigenvalue weighted by Gasteiger charge is 2.17. The predicted octanol–water partition coefficient (Wildman–Crippen LogP) is 4.57. The second kappa shape index (κ2) is 7.11. The zero-order valence-electron chi connectivity index (χ0n) is 11.4. The molecule has 0 aliphatic rings. The van der Waals surface area contributed by atoms with Gasteiger partial charge in [-0.25, -0.2) is 0 Å². The molecule has 0 aliphatic carbocycles. The molecule has 0 unspecified atom stereocenters. The predicted molar refractivity (Wildman–Crippen MR) is 90.9 cm³/mol. The summed E-state index contributed by atoms with van der Waals surface area (Å²) in [6.45, 7) is 0.505. The Morgan fingerprint density at radius 2 is 2.26 bits per heavy atom. The molecule has 0 spiro atoms. The number of benzene rings is 1. The average Bonchev–Trinajstić information content (AvgIpc) is 3.18. The summed E-state index contributed by atoms with van der Waals surface area (Å²) in [7, 11) is 0. The van der Waals surface area contributed by atoms with Crippen molar-refractivity contribution in [1.82, 2.24) is 10.2 Å². The van der Waals surface area contributed by atoms with Gasteiger partial charge in [0.25, 0.3) is 5.69 Å². The number of nitrogens with zero attached hydrogens (tertiary/aromatic N) is 3. The average molecular weight is 413 g/mol. The molecule has 2 aromatic heterocycles. The number of hydrogen-bond acceptors (Lipinski definition) is 8. The van der Waals surface area contributed by atoms with E-state index in [0.29, 0.717) is 25.4 Å². The van der Waals surface area contributed by atoms with E-state index < -0.39 is 4.92 Å². The Morgan fingerprint density at radius 1 is 1.39 bits per heavy atom. The Morgan fingerprint density at radius 3 is 3.00 bits per heavy atom. The van der Waals surface area contributed by atoms with Gasteiger partial charge in [-0.05, 0) is 36.0 Å². The van der Waals surface area contributed by atoms with Crippen LogP contribution in [0.15, 0.2) is 54.7 Å². The standard InChI is InChI=1S/C13H9BrN4O3S2/c14-8-3-4-11(10(6-8)18(19)20)22-13-17-16-12(23-13)15-7-9-2-1-5-21-9/h1-6H,7H2,(H,15,16). The van der Waals surface area contributed by atoms with Gasteiger partial charge in [0.1, 0.15) is 5.76 Å². The lowest BCUT2D eigenvalue weighted by atomic mass is 10.3. The molecule has 0 saturated carbocycles. The maximum atomic E-state index is 11.1. The van der Waals surface area contributed by atoms with Crippen LogP contribution in [-0.4, -0.2) is 15.1 Å². The lowest BCUT2D eigenvalue weighted by Gasteiger charge is -2.00. The molecule has 23 heavy (non-hydrogen) atoms. The van der Waals surface area contributed by atoms with Gasteiger partial charge in [0.15, 0.2) is 4.34 Å². The molecule has 1 N–H and O–H groups in total. The van der Waals surface area contributed by atoms with Crippen LogP contribution in [0, 0.1) is 10.1 Å². The van der Waals surface area contributed by atoms with E-state index in [-0.39, 0.29) is 5.69 Å². The van der Waals surface area contributed by atoms with Crippen molar-refractivity contribution in [2.24, 2.45) is 0 Å². The van der Waals surface area contributed by atoms with Gasteiger partial charge in [-0.2, -0.15) is 0 Å². The van der Waals surface area contributed by atoms with Gasteiger partial charge in [0, 0.05) is 10.5 Å². The third kappa shape index (κ3) is 4.09. The number of rotatable bonds is 6. The van der Waals surface area contributed by atoms with Crippen molar-refractivity contribution in [3.63, 3.8) is 0 Å². The van der Waals surface area contributed by atoms with E-state index in [1.807, 2.05) is 12.1 Å². The summed E-state index contributed by atoms with van der Waals surface area (Å²) in [4.78, 5) is 11.2. The van der Waals surface area contributed by atoms with E-state index in [4.69, 9.17) is 4.42 Å². The van der Waals surface area contributed by atoms with E-state index in [1.165, 1.54) is 29.2 Å². The number of hydrogen-bond donors (Lipinski definition) is 1. The van der Waals surface area contributed by atoms with Crippen molar-refractivity contribution in [3.05, 3.63) is 56.9 Å². The van der Waals surface area contributed by atoms with Crippen LogP contribution in [0.5, 0.6) is 0 Å². The van der Waals surface area contributed by atoms with Crippen LogP contribution >= 0.6 is 39.0 Å². The molecule has 7 nitrogen and oxygen atoms in total. The van der Waals surface area contributed by atoms with Gasteiger partial charge in [-0.15, -0.1) is 10.2 Å². The van der Waals surface area contributed by atoms with Crippen molar-refractivity contribution in [2.45, 2.75) is 15.8 Å². The van der Waals surface area contributed by atoms with Crippen LogP contribution in [0.4, 0.5) is 10.8 Å². The smallest absolute Gasteiger partial charge is 0.284 e. The Hall–Kier alpha value is -1.91. The van der Waals surface area contributed by atoms with Crippen molar-refractivity contribution in [2.75, 3.05) is 5.32 Å². The SMILES string of the molecule is O=[N+]([O-])c1cc(Br)ccc1Sc1nnc(NCc2ccco2)s1. The molecule has 0 radical (unpaired) electrons. The van der Waals surface area contributed by atoms with Crippen LogP contribution in [0.1, 0.15) is 5.76 Å². The first-order valence-corrected chi connectivity index (χ1v) is 8.76. The highest BCUT2D eigenvalue weighted by molar-refractivity contribution is 9.10. The van der Waals surface area contributed by atoms with Gasteiger partial charge in [-0.1, -0.05) is 27.3 Å². The molecule has 2 heterocycles. The van der Waals surface area contributed by atoms with Crippen molar-refractivity contribution in [1.29, 1.82) is 0 Å². The second-order valence-corrected chi connectivity index (χ2v) is 7.46. The number of furan rings is 1. The number of nitro groups is 1. The number of anilines is 1. The normalized spacial score (nSPS) is 10.7. The lowest BCUT2D eigenvalue weighted by Crippen LogP contribution is -1.96. The van der Waals surface area contributed by atoms with E-state index in [1.54, 1.807) is 18.4 Å². The topological polar surface area (TPSA) is 94.1 Å². The number of halogens is 1. The zero-order valence-corrected chi connectivity index (χ0v) is 14.7. The lowest BCUT2D eigenvalue weighted by molar-refractivity contribution is -0.387. The summed E-state index contributed by atoms with van der Waals surface area (Å²) in [6.07, 6.45) is 1.60. The quantitative estimate of drug-likeness (QED) is 0.467. The third-order valence-electron chi connectivity index (χ3n) is 2.72. The summed E-state index contributed by atoms with van der Waals surface area (Å²) in [5.74, 6) is 0.790. The molecule has 0 bridgehead atoms. The molecular formula is C13H9BrN4O3S2. The first-order chi connectivity index (χ1) is 11.1. The number of aromatic nitrogens is 2. The maximum Gasteiger partial charge on any atom is 0.284 e. The minimum atomic E-state index is -0.413. The third-order valence-corrected chi connectivity index (χ3v) is 5.21. The Bertz CT molecular complexity index is 823. The molecule has 10 heteroatoms. The van der Waals surface area contributed by atoms with Crippen LogP contribution in [0.3, 0.4) is 0 Å². The minimum absolute atomic E-state index is 0.0321. The molecule has 0 saturated heterocycles. The van der Waals surface area contributed by atoms with Crippen molar-refractivity contribution in [3.8, 4) is 0 Å². The second-order valence-electron chi connectivity index (χ2n) is 4.28. The maximum absolute atomic E-state index is 11.1. The molecule has 0 amide bonds. The molecule has 0 atom stereocenters. The Kier molecular flexibility index (Phi) is 4.94. The van der Waals surface area contributed by atoms with E-state index in [2.05, 4.69) is 31.4 Å². The highest BCUT2D eigenvalue weighted by Crippen LogP contribution is 2.38. The monoisotopic (exact) mass is 412 g/mol. The molecule has 118 valence electrons. The van der Waals surface area contributed by atoms with Crippen LogP contribution in [0.25, 0.3) is 0 Å². The fraction of sp³-hybridized carbons (Fsp3) is 0.0769. The minimum Gasteiger partial charge on any atom is -0.467 e. The Balaban J connectivity index is 1.70. The molecule has 1 aromatic carbocycles. The molecule has 3 rings (SSSR count). The molecule has 0 aliphatic heterocycles. The van der Waals surface area contributed by atoms with Crippen LogP contribution in [-0.2, 0) is 6.54 Å². The first-order valence-electron chi connectivity index (χ1n) is 6.33. The molecule has 3 aromatic rings. The van der Waals surface area contributed by atoms with Gasteiger partial charge in [-0.3, -0.25) is 10.1 Å². The summed E-state index contributed by atoms with van der Waals surface area (Å²) in [6, 6.07) is 8.58. The summed E-state index contributed by atoms with van der Waals surface area (Å²) < 4.78 is 6.50. The molecular weight excluding hydrogens is 404 g/mol. The summed E-state index contributed by atoms with van der Waals surface area (Å²) in [5, 5.41) is 22.9. The van der Waals surface area contributed by atoms with Crippen molar-refractivity contribution < 1.29 is 9.34 Å². The van der Waals surface area contributed by atoms with Crippen molar-refractivity contribution >= 4 is 49.8 Å². The first kappa shape index (κ1) is 16.0. The van der Waals surface area contributed by atoms with Gasteiger partial charge < -0.3 is 9.73 Å². The van der Waals surface area contributed by atoms with E-state index in [0.717, 1.165) is 5.76 Å². The summed E-state index contributed by atoms with van der Waals surface area (Å²) >= 11 is 5.78.